The van der Waals surface area contributed by atoms with Gasteiger partial charge < -0.3 is 9.84 Å². The predicted octanol–water partition coefficient (Wildman–Crippen LogP) is 2.16. The molecule has 0 spiro atoms. The van der Waals surface area contributed by atoms with Crippen molar-refractivity contribution in [2.45, 2.75) is 25.4 Å². The van der Waals surface area contributed by atoms with Gasteiger partial charge in [0.2, 0.25) is 0 Å². The smallest absolute Gasteiger partial charge is 0.126 e. The average molecular weight is 224 g/mol. The van der Waals surface area contributed by atoms with Crippen molar-refractivity contribution in [3.05, 3.63) is 35.6 Å². The molecule has 1 saturated heterocycles. The summed E-state index contributed by atoms with van der Waals surface area (Å²) in [5.74, 6) is 0.0157. The Balaban J connectivity index is 1.96. The van der Waals surface area contributed by atoms with Crippen molar-refractivity contribution in [3.8, 4) is 0 Å². The molecule has 0 amide bonds. The number of benzene rings is 1. The van der Waals surface area contributed by atoms with Crippen molar-refractivity contribution in [1.29, 1.82) is 0 Å². The van der Waals surface area contributed by atoms with E-state index in [1.165, 1.54) is 6.07 Å². The lowest BCUT2D eigenvalue weighted by Gasteiger charge is -2.26. The van der Waals surface area contributed by atoms with Gasteiger partial charge in [0.25, 0.3) is 0 Å². The van der Waals surface area contributed by atoms with Crippen molar-refractivity contribution >= 4 is 0 Å². The molecular formula is C13H17FO2. The number of aliphatic hydroxyl groups is 1. The van der Waals surface area contributed by atoms with Crippen LogP contribution in [-0.4, -0.2) is 24.4 Å². The first-order valence-corrected chi connectivity index (χ1v) is 5.76. The van der Waals surface area contributed by atoms with Crippen molar-refractivity contribution in [1.82, 2.24) is 0 Å². The molecule has 1 unspecified atom stereocenters. The second-order valence-corrected chi connectivity index (χ2v) is 4.31. The van der Waals surface area contributed by atoms with Gasteiger partial charge in [0, 0.05) is 19.6 Å². The first-order chi connectivity index (χ1) is 7.77. The summed E-state index contributed by atoms with van der Waals surface area (Å²) in [6, 6.07) is 6.64. The second-order valence-electron chi connectivity index (χ2n) is 4.31. The van der Waals surface area contributed by atoms with Crippen LogP contribution in [0.4, 0.5) is 4.39 Å². The zero-order valence-corrected chi connectivity index (χ0v) is 9.23. The molecule has 2 nitrogen and oxygen atoms in total. The maximum atomic E-state index is 13.4. The van der Waals surface area contributed by atoms with Crippen LogP contribution in [0.2, 0.25) is 0 Å². The average Bonchev–Trinajstić information content (AvgIpc) is 2.33. The first-order valence-electron chi connectivity index (χ1n) is 5.76. The Morgan fingerprint density at radius 2 is 2.00 bits per heavy atom. The van der Waals surface area contributed by atoms with Crippen LogP contribution < -0.4 is 0 Å². The van der Waals surface area contributed by atoms with Crippen molar-refractivity contribution in [2.75, 3.05) is 13.2 Å². The SMILES string of the molecule is OC(Cc1ccccc1F)C1CCOCC1. The van der Waals surface area contributed by atoms with Gasteiger partial charge in [-0.2, -0.15) is 0 Å². The standard InChI is InChI=1S/C13H17FO2/c14-12-4-2-1-3-11(12)9-13(15)10-5-7-16-8-6-10/h1-4,10,13,15H,5-9H2. The normalized spacial score (nSPS) is 19.6. The summed E-state index contributed by atoms with van der Waals surface area (Å²) in [5.41, 5.74) is 0.599. The van der Waals surface area contributed by atoms with E-state index in [2.05, 4.69) is 0 Å². The van der Waals surface area contributed by atoms with E-state index in [9.17, 15) is 9.50 Å². The Morgan fingerprint density at radius 3 is 2.69 bits per heavy atom. The molecule has 0 radical (unpaired) electrons. The lowest BCUT2D eigenvalue weighted by atomic mass is 9.90. The van der Waals surface area contributed by atoms with Crippen LogP contribution in [0, 0.1) is 11.7 Å². The molecule has 0 aliphatic carbocycles. The third-order valence-electron chi connectivity index (χ3n) is 3.20. The molecule has 16 heavy (non-hydrogen) atoms. The highest BCUT2D eigenvalue weighted by atomic mass is 19.1. The zero-order chi connectivity index (χ0) is 11.4. The molecule has 1 aromatic rings. The van der Waals surface area contributed by atoms with E-state index in [0.29, 0.717) is 25.2 Å². The Morgan fingerprint density at radius 1 is 1.31 bits per heavy atom. The van der Waals surface area contributed by atoms with Crippen LogP contribution in [0.25, 0.3) is 0 Å². The molecular weight excluding hydrogens is 207 g/mol. The molecule has 0 saturated carbocycles. The monoisotopic (exact) mass is 224 g/mol. The minimum atomic E-state index is -0.458. The van der Waals surface area contributed by atoms with E-state index in [1.807, 2.05) is 0 Å². The molecule has 0 aromatic heterocycles. The van der Waals surface area contributed by atoms with Crippen LogP contribution >= 0.6 is 0 Å². The van der Waals surface area contributed by atoms with E-state index >= 15 is 0 Å². The van der Waals surface area contributed by atoms with Gasteiger partial charge in [0.1, 0.15) is 5.82 Å². The highest BCUT2D eigenvalue weighted by Gasteiger charge is 2.22. The van der Waals surface area contributed by atoms with Gasteiger partial charge in [0.05, 0.1) is 6.10 Å². The maximum absolute atomic E-state index is 13.4. The number of hydrogen-bond donors (Lipinski definition) is 1. The van der Waals surface area contributed by atoms with Crippen molar-refractivity contribution < 1.29 is 14.2 Å². The van der Waals surface area contributed by atoms with E-state index < -0.39 is 6.10 Å². The summed E-state index contributed by atoms with van der Waals surface area (Å²) in [7, 11) is 0. The molecule has 1 heterocycles. The largest absolute Gasteiger partial charge is 0.392 e. The van der Waals surface area contributed by atoms with Gasteiger partial charge in [-0.15, -0.1) is 0 Å². The summed E-state index contributed by atoms with van der Waals surface area (Å²) in [6.07, 6.45) is 1.68. The summed E-state index contributed by atoms with van der Waals surface area (Å²) in [4.78, 5) is 0. The Bertz CT molecular complexity index is 334. The highest BCUT2D eigenvalue weighted by molar-refractivity contribution is 5.18. The Hall–Kier alpha value is -0.930. The summed E-state index contributed by atoms with van der Waals surface area (Å²) in [5, 5.41) is 10.0. The van der Waals surface area contributed by atoms with Gasteiger partial charge in [-0.25, -0.2) is 4.39 Å². The summed E-state index contributed by atoms with van der Waals surface area (Å²) < 4.78 is 18.6. The van der Waals surface area contributed by atoms with Crippen LogP contribution in [0.5, 0.6) is 0 Å². The fraction of sp³-hybridized carbons (Fsp3) is 0.538. The highest BCUT2D eigenvalue weighted by Crippen LogP contribution is 2.22. The third kappa shape index (κ3) is 2.80. The molecule has 1 atom stereocenters. The van der Waals surface area contributed by atoms with Crippen molar-refractivity contribution in [2.24, 2.45) is 5.92 Å². The number of hydrogen-bond acceptors (Lipinski definition) is 2. The van der Waals surface area contributed by atoms with Gasteiger partial charge >= 0.3 is 0 Å². The van der Waals surface area contributed by atoms with E-state index in [4.69, 9.17) is 4.74 Å². The maximum Gasteiger partial charge on any atom is 0.126 e. The minimum Gasteiger partial charge on any atom is -0.392 e. The zero-order valence-electron chi connectivity index (χ0n) is 9.23. The lowest BCUT2D eigenvalue weighted by molar-refractivity contribution is 0.00812. The molecule has 2 rings (SSSR count). The van der Waals surface area contributed by atoms with Crippen LogP contribution in [-0.2, 0) is 11.2 Å². The molecule has 3 heteroatoms. The quantitative estimate of drug-likeness (QED) is 0.852. The van der Waals surface area contributed by atoms with Gasteiger partial charge in [-0.05, 0) is 30.4 Å². The van der Waals surface area contributed by atoms with Crippen LogP contribution in [0.1, 0.15) is 18.4 Å². The second kappa shape index (κ2) is 5.41. The Kier molecular flexibility index (Phi) is 3.91. The Labute approximate surface area is 95.1 Å². The van der Waals surface area contributed by atoms with E-state index in [0.717, 1.165) is 12.8 Å². The topological polar surface area (TPSA) is 29.5 Å². The van der Waals surface area contributed by atoms with Gasteiger partial charge in [0.15, 0.2) is 0 Å². The molecule has 88 valence electrons. The molecule has 1 N–H and O–H groups in total. The minimum absolute atomic E-state index is 0.228. The molecule has 0 bridgehead atoms. The van der Waals surface area contributed by atoms with Gasteiger partial charge in [-0.1, -0.05) is 18.2 Å². The fourth-order valence-corrected chi connectivity index (χ4v) is 2.16. The fourth-order valence-electron chi connectivity index (χ4n) is 2.16. The number of rotatable bonds is 3. The van der Waals surface area contributed by atoms with Crippen LogP contribution in [0.3, 0.4) is 0 Å². The van der Waals surface area contributed by atoms with E-state index in [-0.39, 0.29) is 11.7 Å². The van der Waals surface area contributed by atoms with Crippen LogP contribution in [0.15, 0.2) is 24.3 Å². The van der Waals surface area contributed by atoms with Gasteiger partial charge in [-0.3, -0.25) is 0 Å². The molecule has 1 fully saturated rings. The number of halogens is 1. The predicted molar refractivity (Wildman–Crippen MR) is 59.7 cm³/mol. The third-order valence-corrected chi connectivity index (χ3v) is 3.20. The first kappa shape index (κ1) is 11.6. The van der Waals surface area contributed by atoms with Crippen molar-refractivity contribution in [3.63, 3.8) is 0 Å². The molecule has 1 aliphatic rings. The summed E-state index contributed by atoms with van der Waals surface area (Å²) >= 11 is 0. The lowest BCUT2D eigenvalue weighted by Crippen LogP contribution is -2.29. The molecule has 1 aliphatic heterocycles. The number of aliphatic hydroxyl groups excluding tert-OH is 1. The summed E-state index contributed by atoms with van der Waals surface area (Å²) in [6.45, 7) is 1.41. The molecule has 1 aromatic carbocycles. The number of ether oxygens (including phenoxy) is 1. The van der Waals surface area contributed by atoms with E-state index in [1.54, 1.807) is 18.2 Å².